The molecule has 4 heteroatoms. The molecule has 13 rings (SSSR count). The van der Waals surface area contributed by atoms with Gasteiger partial charge in [-0.3, -0.25) is 0 Å². The first-order valence-corrected chi connectivity index (χ1v) is 25.8. The van der Waals surface area contributed by atoms with E-state index < -0.39 is 0 Å². The number of hydrogen-bond donors (Lipinski definition) is 1. The Labute approximate surface area is 436 Å². The van der Waals surface area contributed by atoms with Gasteiger partial charge in [0.2, 0.25) is 0 Å². The standard InChI is InChI=1S/C70H54BN3/c1-47-43-52(49-23-11-5-12-24-49)36-42-64(47)74-65-45-57(73(55-27-15-7-16-28-55)56-29-17-8-18-30-56)39-41-62(65)71-69-66(74)46-61-67(58-31-19-20-32-60(58)70(61,2)3)68(69)59-40-35-53(50-25-13-6-14-26-50)44-63(59)72-54-37-33-51(34-38-54)48-21-9-4-10-22-48/h4-46,71-72H,1-3H3. The quantitative estimate of drug-likeness (QED) is 0.138. The first-order valence-electron chi connectivity index (χ1n) is 25.8. The van der Waals surface area contributed by atoms with Crippen LogP contribution in [0.5, 0.6) is 0 Å². The molecule has 0 unspecified atom stereocenters. The van der Waals surface area contributed by atoms with Crippen molar-refractivity contribution in [1.29, 1.82) is 0 Å². The molecule has 1 aliphatic heterocycles. The number of fused-ring (bicyclic) bond motifs is 5. The minimum absolute atomic E-state index is 0.280. The van der Waals surface area contributed by atoms with Gasteiger partial charge in [0, 0.05) is 56.5 Å². The van der Waals surface area contributed by atoms with Crippen LogP contribution in [0, 0.1) is 6.92 Å². The van der Waals surface area contributed by atoms with Crippen molar-refractivity contribution in [1.82, 2.24) is 0 Å². The number of aryl methyl sites for hydroxylation is 1. The summed E-state index contributed by atoms with van der Waals surface area (Å²) >= 11 is 0. The Morgan fingerprint density at radius 3 is 1.54 bits per heavy atom. The van der Waals surface area contributed by atoms with Crippen molar-refractivity contribution in [2.45, 2.75) is 26.2 Å². The second-order valence-corrected chi connectivity index (χ2v) is 20.2. The summed E-state index contributed by atoms with van der Waals surface area (Å²) in [5, 5.41) is 4.03. The van der Waals surface area contributed by atoms with Crippen LogP contribution in [0.1, 0.15) is 30.5 Å². The van der Waals surface area contributed by atoms with E-state index in [1.165, 1.54) is 89.1 Å². The topological polar surface area (TPSA) is 18.5 Å². The van der Waals surface area contributed by atoms with Crippen molar-refractivity contribution in [3.63, 3.8) is 0 Å². The number of hydrogen-bond acceptors (Lipinski definition) is 3. The lowest BCUT2D eigenvalue weighted by Crippen LogP contribution is -2.42. The predicted octanol–water partition coefficient (Wildman–Crippen LogP) is 17.4. The van der Waals surface area contributed by atoms with E-state index in [1.54, 1.807) is 0 Å². The molecule has 74 heavy (non-hydrogen) atoms. The number of benzene rings is 11. The lowest BCUT2D eigenvalue weighted by molar-refractivity contribution is 0.660. The van der Waals surface area contributed by atoms with Crippen molar-refractivity contribution in [3.05, 3.63) is 278 Å². The molecule has 352 valence electrons. The van der Waals surface area contributed by atoms with Crippen LogP contribution in [0.3, 0.4) is 0 Å². The third-order valence-electron chi connectivity index (χ3n) is 15.4. The normalized spacial score (nSPS) is 12.7. The van der Waals surface area contributed by atoms with Gasteiger partial charge in [0.05, 0.1) is 0 Å². The molecular weight excluding hydrogens is 894 g/mol. The molecule has 1 aliphatic carbocycles. The van der Waals surface area contributed by atoms with E-state index in [0.29, 0.717) is 0 Å². The monoisotopic (exact) mass is 947 g/mol. The number of para-hydroxylation sites is 2. The van der Waals surface area contributed by atoms with E-state index >= 15 is 0 Å². The van der Waals surface area contributed by atoms with Gasteiger partial charge in [-0.15, -0.1) is 0 Å². The summed E-state index contributed by atoms with van der Waals surface area (Å²) in [7, 11) is 0.746. The molecule has 0 atom stereocenters. The molecule has 2 aliphatic rings. The van der Waals surface area contributed by atoms with Crippen LogP contribution in [0.2, 0.25) is 0 Å². The molecule has 1 N–H and O–H groups in total. The van der Waals surface area contributed by atoms with E-state index in [-0.39, 0.29) is 5.41 Å². The zero-order valence-corrected chi connectivity index (χ0v) is 41.9. The summed E-state index contributed by atoms with van der Waals surface area (Å²) in [4.78, 5) is 4.97. The van der Waals surface area contributed by atoms with E-state index in [9.17, 15) is 0 Å². The smallest absolute Gasteiger partial charge is 0.198 e. The zero-order valence-electron chi connectivity index (χ0n) is 41.9. The van der Waals surface area contributed by atoms with Gasteiger partial charge in [-0.25, -0.2) is 0 Å². The van der Waals surface area contributed by atoms with Crippen molar-refractivity contribution < 1.29 is 0 Å². The van der Waals surface area contributed by atoms with Gasteiger partial charge in [0.15, 0.2) is 7.28 Å². The van der Waals surface area contributed by atoms with E-state index in [1.807, 2.05) is 0 Å². The summed E-state index contributed by atoms with van der Waals surface area (Å²) in [6.07, 6.45) is 0. The average molecular weight is 948 g/mol. The van der Waals surface area contributed by atoms with Crippen LogP contribution < -0.4 is 26.0 Å². The second-order valence-electron chi connectivity index (χ2n) is 20.2. The molecule has 0 saturated carbocycles. The molecule has 1 heterocycles. The van der Waals surface area contributed by atoms with Crippen LogP contribution in [0.25, 0.3) is 55.6 Å². The van der Waals surface area contributed by atoms with Crippen molar-refractivity contribution in [2.75, 3.05) is 15.1 Å². The Kier molecular flexibility index (Phi) is 11.2. The van der Waals surface area contributed by atoms with Crippen molar-refractivity contribution in [3.8, 4) is 55.6 Å². The molecule has 0 bridgehead atoms. The molecular formula is C70H54BN3. The average Bonchev–Trinajstić information content (AvgIpc) is 3.69. The number of rotatable bonds is 10. The lowest BCUT2D eigenvalue weighted by atomic mass is 9.57. The van der Waals surface area contributed by atoms with Gasteiger partial charge >= 0.3 is 0 Å². The largest absolute Gasteiger partial charge is 0.355 e. The summed E-state index contributed by atoms with van der Waals surface area (Å²) in [6, 6.07) is 95.4. The maximum Gasteiger partial charge on any atom is 0.198 e. The highest BCUT2D eigenvalue weighted by Gasteiger charge is 2.41. The van der Waals surface area contributed by atoms with Gasteiger partial charge in [-0.05, 0) is 152 Å². The van der Waals surface area contributed by atoms with Gasteiger partial charge in [0.1, 0.15) is 0 Å². The highest BCUT2D eigenvalue weighted by atomic mass is 15.2. The molecule has 0 aromatic heterocycles. The molecule has 11 aromatic carbocycles. The summed E-state index contributed by atoms with van der Waals surface area (Å²) < 4.78 is 0. The van der Waals surface area contributed by atoms with E-state index in [0.717, 1.165) is 47.0 Å². The Morgan fingerprint density at radius 1 is 0.392 bits per heavy atom. The van der Waals surface area contributed by atoms with Crippen LogP contribution >= 0.6 is 0 Å². The van der Waals surface area contributed by atoms with Crippen LogP contribution in [0.15, 0.2) is 261 Å². The fourth-order valence-electron chi connectivity index (χ4n) is 11.7. The van der Waals surface area contributed by atoms with Crippen LogP contribution in [-0.2, 0) is 5.41 Å². The highest BCUT2D eigenvalue weighted by molar-refractivity contribution is 6.73. The number of anilines is 8. The lowest BCUT2D eigenvalue weighted by Gasteiger charge is -2.38. The summed E-state index contributed by atoms with van der Waals surface area (Å²) in [5.74, 6) is 0. The molecule has 0 saturated heterocycles. The fourth-order valence-corrected chi connectivity index (χ4v) is 11.7. The zero-order chi connectivity index (χ0) is 49.8. The molecule has 11 aromatic rings. The minimum atomic E-state index is -0.280. The van der Waals surface area contributed by atoms with Crippen LogP contribution in [-0.4, -0.2) is 7.28 Å². The summed E-state index contributed by atoms with van der Waals surface area (Å²) in [6.45, 7) is 7.11. The van der Waals surface area contributed by atoms with Crippen molar-refractivity contribution >= 4 is 63.7 Å². The molecule has 0 spiro atoms. The minimum Gasteiger partial charge on any atom is -0.355 e. The molecule has 0 amide bonds. The summed E-state index contributed by atoms with van der Waals surface area (Å²) in [5.41, 5.74) is 27.3. The van der Waals surface area contributed by atoms with Gasteiger partial charge < -0.3 is 15.1 Å². The second kappa shape index (κ2) is 18.5. The Bertz CT molecular complexity index is 3820. The Hall–Kier alpha value is -9.12. The maximum atomic E-state index is 4.03. The first kappa shape index (κ1) is 44.8. The third-order valence-corrected chi connectivity index (χ3v) is 15.4. The molecule has 0 radical (unpaired) electrons. The third kappa shape index (κ3) is 7.87. The Balaban J connectivity index is 1.07. The SMILES string of the molecule is Cc1cc(-c2ccccc2)ccc1N1c2cc(N(c3ccccc3)c3ccccc3)ccc2Bc2c1cc1c(c2-c2ccc(-c3ccccc3)cc2Nc2ccc(-c3ccccc3)cc2)-c2ccccc2C1(C)C. The number of nitrogens with one attached hydrogen (secondary N) is 1. The Morgan fingerprint density at radius 2 is 0.919 bits per heavy atom. The van der Waals surface area contributed by atoms with Crippen LogP contribution in [0.4, 0.5) is 45.5 Å². The predicted molar refractivity (Wildman–Crippen MR) is 316 cm³/mol. The number of nitrogens with zero attached hydrogens (tertiary/aromatic N) is 2. The van der Waals surface area contributed by atoms with Gasteiger partial charge in [0.25, 0.3) is 0 Å². The highest BCUT2D eigenvalue weighted by Crippen LogP contribution is 2.56. The maximum absolute atomic E-state index is 4.03. The van der Waals surface area contributed by atoms with Crippen molar-refractivity contribution in [2.24, 2.45) is 0 Å². The fraction of sp³-hybridized carbons (Fsp3) is 0.0571. The van der Waals surface area contributed by atoms with Gasteiger partial charge in [-0.1, -0.05) is 207 Å². The van der Waals surface area contributed by atoms with E-state index in [2.05, 4.69) is 297 Å². The molecule has 3 nitrogen and oxygen atoms in total. The first-order chi connectivity index (χ1) is 36.4. The molecule has 0 fully saturated rings. The van der Waals surface area contributed by atoms with Gasteiger partial charge in [-0.2, -0.15) is 0 Å². The van der Waals surface area contributed by atoms with E-state index in [4.69, 9.17) is 0 Å².